The molecule has 0 saturated carbocycles. The number of nitrogens with zero attached hydrogens (tertiary/aromatic N) is 4. The number of benzene rings is 1. The van der Waals surface area contributed by atoms with Crippen molar-refractivity contribution in [2.45, 2.75) is 38.9 Å². The second kappa shape index (κ2) is 10.0. The maximum atomic E-state index is 12.5. The average Bonchev–Trinajstić information content (AvgIpc) is 3.40. The largest absolute Gasteiger partial charge is 0.451 e. The lowest BCUT2D eigenvalue weighted by Gasteiger charge is -2.11. The first-order chi connectivity index (χ1) is 15.5. The molecule has 3 heterocycles. The molecule has 0 unspecified atom stereocenters. The summed E-state index contributed by atoms with van der Waals surface area (Å²) in [4.78, 5) is 21.9. The van der Waals surface area contributed by atoms with Crippen molar-refractivity contribution in [1.82, 2.24) is 25.1 Å². The van der Waals surface area contributed by atoms with Crippen LogP contribution in [0.2, 0.25) is 0 Å². The van der Waals surface area contributed by atoms with Gasteiger partial charge in [-0.15, -0.1) is 0 Å². The topological polar surface area (TPSA) is 97.9 Å². The molecule has 0 aliphatic heterocycles. The first kappa shape index (κ1) is 22.1. The molecule has 4 rings (SSSR count). The lowest BCUT2D eigenvalue weighted by molar-refractivity contribution is 0.0926. The van der Waals surface area contributed by atoms with E-state index in [1.54, 1.807) is 24.0 Å². The second-order valence-corrected chi connectivity index (χ2v) is 9.05. The van der Waals surface area contributed by atoms with Gasteiger partial charge >= 0.3 is 0 Å². The molecule has 0 radical (unpaired) electrons. The van der Waals surface area contributed by atoms with E-state index in [0.29, 0.717) is 30.4 Å². The third kappa shape index (κ3) is 5.04. The van der Waals surface area contributed by atoms with Crippen LogP contribution in [-0.2, 0) is 6.54 Å². The minimum Gasteiger partial charge on any atom is -0.451 e. The van der Waals surface area contributed by atoms with E-state index in [0.717, 1.165) is 46.1 Å². The number of amides is 1. The Balaban J connectivity index is 1.48. The van der Waals surface area contributed by atoms with Crippen molar-refractivity contribution in [3.63, 3.8) is 0 Å². The van der Waals surface area contributed by atoms with E-state index in [9.17, 15) is 4.79 Å². The summed E-state index contributed by atoms with van der Waals surface area (Å²) in [6.45, 7) is 8.18. The van der Waals surface area contributed by atoms with Crippen molar-refractivity contribution in [3.05, 3.63) is 42.3 Å². The molecule has 3 aromatic heterocycles. The van der Waals surface area contributed by atoms with Crippen LogP contribution in [0, 0.1) is 5.92 Å². The molecule has 0 atom stereocenters. The fourth-order valence-corrected chi connectivity index (χ4v) is 3.94. The number of fused-ring (bicyclic) bond motifs is 2. The van der Waals surface area contributed by atoms with Gasteiger partial charge in [0, 0.05) is 24.2 Å². The van der Waals surface area contributed by atoms with Crippen molar-refractivity contribution in [2.24, 2.45) is 5.92 Å². The van der Waals surface area contributed by atoms with Gasteiger partial charge in [0.05, 0.1) is 18.1 Å². The van der Waals surface area contributed by atoms with Crippen molar-refractivity contribution in [1.29, 1.82) is 0 Å². The van der Waals surface area contributed by atoms with Gasteiger partial charge in [-0.1, -0.05) is 50.7 Å². The van der Waals surface area contributed by atoms with Crippen LogP contribution in [0.5, 0.6) is 0 Å². The van der Waals surface area contributed by atoms with Gasteiger partial charge < -0.3 is 15.1 Å². The van der Waals surface area contributed by atoms with Crippen LogP contribution in [-0.4, -0.2) is 44.5 Å². The van der Waals surface area contributed by atoms with Crippen LogP contribution in [0.1, 0.15) is 37.7 Å². The highest BCUT2D eigenvalue weighted by atomic mass is 32.2. The van der Waals surface area contributed by atoms with Gasteiger partial charge in [0.15, 0.2) is 16.6 Å². The number of carbonyl (C=O) groups excluding carboxylic acids is 1. The first-order valence-electron chi connectivity index (χ1n) is 10.9. The fourth-order valence-electron chi connectivity index (χ4n) is 3.25. The van der Waals surface area contributed by atoms with Crippen molar-refractivity contribution in [3.8, 4) is 0 Å². The summed E-state index contributed by atoms with van der Waals surface area (Å²) in [5.41, 5.74) is 1.47. The van der Waals surface area contributed by atoms with Gasteiger partial charge in [-0.05, 0) is 24.5 Å². The zero-order valence-corrected chi connectivity index (χ0v) is 19.4. The molecule has 1 amide bonds. The quantitative estimate of drug-likeness (QED) is 0.269. The Bertz CT molecular complexity index is 1180. The molecule has 8 nitrogen and oxygen atoms in total. The molecule has 168 valence electrons. The molecule has 0 saturated heterocycles. The number of para-hydroxylation sites is 1. The number of nitrogens with one attached hydrogen (secondary N) is 2. The molecular formula is C23H28N6O2S. The number of rotatable bonds is 10. The maximum Gasteiger partial charge on any atom is 0.287 e. The summed E-state index contributed by atoms with van der Waals surface area (Å²) >= 11 is 1.64. The lowest BCUT2D eigenvalue weighted by Crippen LogP contribution is -2.27. The van der Waals surface area contributed by atoms with Crippen molar-refractivity contribution >= 4 is 45.5 Å². The zero-order chi connectivity index (χ0) is 22.5. The van der Waals surface area contributed by atoms with Gasteiger partial charge in [0.2, 0.25) is 0 Å². The monoisotopic (exact) mass is 452 g/mol. The summed E-state index contributed by atoms with van der Waals surface area (Å²) < 4.78 is 7.45. The Labute approximate surface area is 191 Å². The predicted octanol–water partition coefficient (Wildman–Crippen LogP) is 4.57. The van der Waals surface area contributed by atoms with Crippen LogP contribution >= 0.6 is 11.8 Å². The highest BCUT2D eigenvalue weighted by Crippen LogP contribution is 2.25. The van der Waals surface area contributed by atoms with E-state index in [1.807, 2.05) is 28.9 Å². The standard InChI is InChI=1S/C23H28N6O2S/c1-4-11-32-23-27-20(25-13-15(2)3)17-14-26-29(21(17)28-23)10-9-24-22(30)19-12-16-7-5-6-8-18(16)31-19/h5-8,12,14-15H,4,9-11,13H2,1-3H3,(H,24,30)(H,25,27,28). The van der Waals surface area contributed by atoms with E-state index in [2.05, 4.69) is 36.5 Å². The minimum atomic E-state index is -0.245. The van der Waals surface area contributed by atoms with E-state index < -0.39 is 0 Å². The first-order valence-corrected chi connectivity index (χ1v) is 11.9. The van der Waals surface area contributed by atoms with Crippen molar-refractivity contribution < 1.29 is 9.21 Å². The number of furan rings is 1. The van der Waals surface area contributed by atoms with Crippen LogP contribution in [0.3, 0.4) is 0 Å². The Kier molecular flexibility index (Phi) is 6.94. The second-order valence-electron chi connectivity index (χ2n) is 7.99. The highest BCUT2D eigenvalue weighted by Gasteiger charge is 2.15. The number of hydrogen-bond donors (Lipinski definition) is 2. The van der Waals surface area contributed by atoms with E-state index in [-0.39, 0.29) is 5.91 Å². The Morgan fingerprint density at radius 1 is 1.25 bits per heavy atom. The molecule has 0 fully saturated rings. The van der Waals surface area contributed by atoms with Crippen molar-refractivity contribution in [2.75, 3.05) is 24.2 Å². The average molecular weight is 453 g/mol. The van der Waals surface area contributed by atoms with Gasteiger partial charge in [0.1, 0.15) is 11.4 Å². The minimum absolute atomic E-state index is 0.245. The van der Waals surface area contributed by atoms with Gasteiger partial charge in [-0.25, -0.2) is 14.6 Å². The number of thioether (sulfide) groups is 1. The molecule has 2 N–H and O–H groups in total. The SMILES string of the molecule is CCCSc1nc(NCC(C)C)c2cnn(CCNC(=O)c3cc4ccccc4o3)c2n1. The molecule has 1 aromatic carbocycles. The van der Waals surface area contributed by atoms with Crippen LogP contribution in [0.25, 0.3) is 22.0 Å². The molecule has 32 heavy (non-hydrogen) atoms. The maximum absolute atomic E-state index is 12.5. The summed E-state index contributed by atoms with van der Waals surface area (Å²) in [6, 6.07) is 9.33. The molecule has 0 bridgehead atoms. The molecule has 4 aromatic rings. The predicted molar refractivity (Wildman–Crippen MR) is 128 cm³/mol. The highest BCUT2D eigenvalue weighted by molar-refractivity contribution is 7.99. The smallest absolute Gasteiger partial charge is 0.287 e. The van der Waals surface area contributed by atoms with Gasteiger partial charge in [-0.2, -0.15) is 5.10 Å². The molecule has 9 heteroatoms. The zero-order valence-electron chi connectivity index (χ0n) is 18.6. The Hall–Kier alpha value is -3.07. The van der Waals surface area contributed by atoms with Crippen LogP contribution in [0.15, 0.2) is 46.1 Å². The number of carbonyl (C=O) groups is 1. The molecule has 0 spiro atoms. The van der Waals surface area contributed by atoms with Crippen LogP contribution < -0.4 is 10.6 Å². The van der Waals surface area contributed by atoms with E-state index in [1.165, 1.54) is 0 Å². The molecular weight excluding hydrogens is 424 g/mol. The summed E-state index contributed by atoms with van der Waals surface area (Å²) in [6.07, 6.45) is 2.83. The Morgan fingerprint density at radius 2 is 2.09 bits per heavy atom. The number of aromatic nitrogens is 4. The normalized spacial score (nSPS) is 11.5. The summed E-state index contributed by atoms with van der Waals surface area (Å²) in [7, 11) is 0. The fraction of sp³-hybridized carbons (Fsp3) is 0.391. The summed E-state index contributed by atoms with van der Waals surface area (Å²) in [5, 5.41) is 13.4. The number of hydrogen-bond acceptors (Lipinski definition) is 7. The van der Waals surface area contributed by atoms with Gasteiger partial charge in [0.25, 0.3) is 5.91 Å². The van der Waals surface area contributed by atoms with E-state index >= 15 is 0 Å². The lowest BCUT2D eigenvalue weighted by atomic mass is 10.2. The van der Waals surface area contributed by atoms with E-state index in [4.69, 9.17) is 14.4 Å². The Morgan fingerprint density at radius 3 is 2.88 bits per heavy atom. The molecule has 0 aliphatic rings. The third-order valence-corrected chi connectivity index (χ3v) is 5.90. The van der Waals surface area contributed by atoms with Crippen LogP contribution in [0.4, 0.5) is 5.82 Å². The molecule has 0 aliphatic carbocycles. The van der Waals surface area contributed by atoms with Gasteiger partial charge in [-0.3, -0.25) is 4.79 Å². The number of anilines is 1. The summed E-state index contributed by atoms with van der Waals surface area (Å²) in [5.74, 6) is 2.31. The third-order valence-electron chi connectivity index (χ3n) is 4.85.